The van der Waals surface area contributed by atoms with Gasteiger partial charge in [-0.3, -0.25) is 14.1 Å². The summed E-state index contributed by atoms with van der Waals surface area (Å²) in [5, 5.41) is 9.35. The fraction of sp³-hybridized carbons (Fsp3) is 0.286. The first-order valence-electron chi connectivity index (χ1n) is 4.32. The van der Waals surface area contributed by atoms with Crippen LogP contribution in [0.4, 0.5) is 0 Å². The van der Waals surface area contributed by atoms with E-state index < -0.39 is 26.7 Å². The number of aromatic nitrogens is 1. The molecular formula is C7H11NO7P2. The van der Waals surface area contributed by atoms with Gasteiger partial charge in [0.25, 0.3) is 0 Å². The fourth-order valence-electron chi connectivity index (χ4n) is 1.27. The summed E-state index contributed by atoms with van der Waals surface area (Å²) < 4.78 is 22.1. The zero-order valence-electron chi connectivity index (χ0n) is 8.36. The van der Waals surface area contributed by atoms with Crippen molar-refractivity contribution in [2.45, 2.75) is 11.5 Å². The van der Waals surface area contributed by atoms with Gasteiger partial charge >= 0.3 is 15.2 Å². The lowest BCUT2D eigenvalue weighted by molar-refractivity contribution is 0.185. The zero-order chi connectivity index (χ0) is 13.3. The lowest BCUT2D eigenvalue weighted by atomic mass is 10.2. The van der Waals surface area contributed by atoms with Crippen LogP contribution in [-0.2, 0) is 9.13 Å². The van der Waals surface area contributed by atoms with Crippen molar-refractivity contribution in [3.63, 3.8) is 0 Å². The molecule has 1 rings (SSSR count). The first-order chi connectivity index (χ1) is 7.64. The van der Waals surface area contributed by atoms with E-state index in [-0.39, 0.29) is 5.56 Å². The van der Waals surface area contributed by atoms with E-state index in [1.165, 1.54) is 18.3 Å². The number of rotatable bonds is 4. The predicted octanol–water partition coefficient (Wildman–Crippen LogP) is -0.204. The standard InChI is InChI=1S/C7H11NO7P2/c9-7(17(13,14)15)6(16(10,11)12)5-2-1-3-8-4-5/h1-4,6-7,9H,(H2,10,11,12)(H2,13,14,15). The second kappa shape index (κ2) is 4.96. The Labute approximate surface area is 96.3 Å². The van der Waals surface area contributed by atoms with Crippen LogP contribution in [0.25, 0.3) is 0 Å². The Bertz CT molecular complexity index is 466. The maximum Gasteiger partial charge on any atom is 0.355 e. The largest absolute Gasteiger partial charge is 0.379 e. The van der Waals surface area contributed by atoms with Crippen LogP contribution in [0, 0.1) is 0 Å². The monoisotopic (exact) mass is 283 g/mol. The van der Waals surface area contributed by atoms with Gasteiger partial charge in [0, 0.05) is 12.4 Å². The van der Waals surface area contributed by atoms with Crippen LogP contribution < -0.4 is 0 Å². The molecule has 0 saturated carbocycles. The molecule has 1 aromatic rings. The molecule has 1 aromatic heterocycles. The van der Waals surface area contributed by atoms with Crippen LogP contribution in [0.2, 0.25) is 0 Å². The lowest BCUT2D eigenvalue weighted by Gasteiger charge is -2.24. The summed E-state index contributed by atoms with van der Waals surface area (Å²) in [6.07, 6.45) is 2.35. The van der Waals surface area contributed by atoms with E-state index in [1.807, 2.05) is 0 Å². The number of hydrogen-bond acceptors (Lipinski definition) is 4. The number of aliphatic hydroxyl groups is 1. The average Bonchev–Trinajstić information content (AvgIpc) is 2.15. The van der Waals surface area contributed by atoms with E-state index in [0.29, 0.717) is 0 Å². The first-order valence-corrected chi connectivity index (χ1v) is 7.69. The predicted molar refractivity (Wildman–Crippen MR) is 57.1 cm³/mol. The maximum absolute atomic E-state index is 11.2. The molecule has 0 bridgehead atoms. The van der Waals surface area contributed by atoms with Crippen molar-refractivity contribution in [2.75, 3.05) is 0 Å². The van der Waals surface area contributed by atoms with E-state index in [1.54, 1.807) is 0 Å². The van der Waals surface area contributed by atoms with Crippen molar-refractivity contribution >= 4 is 15.2 Å². The summed E-state index contributed by atoms with van der Waals surface area (Å²) in [5.41, 5.74) is -2.14. The fourth-order valence-corrected chi connectivity index (χ4v) is 3.75. The summed E-state index contributed by atoms with van der Waals surface area (Å²) in [5.74, 6) is -2.48. The average molecular weight is 283 g/mol. The summed E-state index contributed by atoms with van der Waals surface area (Å²) in [4.78, 5) is 39.2. The van der Waals surface area contributed by atoms with Gasteiger partial charge in [-0.25, -0.2) is 0 Å². The van der Waals surface area contributed by atoms with Gasteiger partial charge in [-0.05, 0) is 11.6 Å². The molecule has 2 atom stereocenters. The van der Waals surface area contributed by atoms with E-state index >= 15 is 0 Å². The van der Waals surface area contributed by atoms with Crippen molar-refractivity contribution in [3.8, 4) is 0 Å². The van der Waals surface area contributed by atoms with Gasteiger partial charge in [0.15, 0.2) is 5.85 Å². The molecule has 0 spiro atoms. The molecule has 0 radical (unpaired) electrons. The van der Waals surface area contributed by atoms with Crippen LogP contribution in [0.1, 0.15) is 11.2 Å². The molecule has 8 nitrogen and oxygen atoms in total. The van der Waals surface area contributed by atoms with Crippen molar-refractivity contribution in [2.24, 2.45) is 0 Å². The Hall–Kier alpha value is -0.590. The Balaban J connectivity index is 3.25. The Morgan fingerprint density at radius 3 is 2.06 bits per heavy atom. The van der Waals surface area contributed by atoms with E-state index in [4.69, 9.17) is 19.6 Å². The van der Waals surface area contributed by atoms with Crippen molar-refractivity contribution < 1.29 is 33.8 Å². The molecule has 0 aliphatic rings. The van der Waals surface area contributed by atoms with Gasteiger partial charge in [-0.1, -0.05) is 6.07 Å². The topological polar surface area (TPSA) is 148 Å². The highest BCUT2D eigenvalue weighted by atomic mass is 31.2. The van der Waals surface area contributed by atoms with Gasteiger partial charge < -0.3 is 24.7 Å². The molecule has 5 N–H and O–H groups in total. The highest BCUT2D eigenvalue weighted by molar-refractivity contribution is 7.56. The van der Waals surface area contributed by atoms with Gasteiger partial charge in [0.05, 0.1) is 0 Å². The molecule has 2 unspecified atom stereocenters. The van der Waals surface area contributed by atoms with Crippen molar-refractivity contribution in [3.05, 3.63) is 30.1 Å². The van der Waals surface area contributed by atoms with Gasteiger partial charge in [0.1, 0.15) is 5.66 Å². The van der Waals surface area contributed by atoms with Gasteiger partial charge in [-0.15, -0.1) is 0 Å². The highest BCUT2D eigenvalue weighted by Crippen LogP contribution is 2.61. The minimum Gasteiger partial charge on any atom is -0.379 e. The van der Waals surface area contributed by atoms with Crippen LogP contribution in [0.5, 0.6) is 0 Å². The van der Waals surface area contributed by atoms with E-state index in [9.17, 15) is 14.2 Å². The van der Waals surface area contributed by atoms with Gasteiger partial charge in [0.2, 0.25) is 0 Å². The molecule has 1 heterocycles. The van der Waals surface area contributed by atoms with Gasteiger partial charge in [-0.2, -0.15) is 0 Å². The molecular weight excluding hydrogens is 272 g/mol. The third-order valence-corrected chi connectivity index (χ3v) is 4.54. The maximum atomic E-state index is 11.2. The normalized spacial score (nSPS) is 16.5. The second-order valence-electron chi connectivity index (χ2n) is 3.32. The van der Waals surface area contributed by atoms with Crippen molar-refractivity contribution in [1.29, 1.82) is 0 Å². The summed E-state index contributed by atoms with van der Waals surface area (Å²) in [6, 6.07) is 2.56. The summed E-state index contributed by atoms with van der Waals surface area (Å²) in [7, 11) is -9.97. The zero-order valence-corrected chi connectivity index (χ0v) is 10.1. The third kappa shape index (κ3) is 3.69. The molecule has 17 heavy (non-hydrogen) atoms. The Morgan fingerprint density at radius 1 is 1.12 bits per heavy atom. The molecule has 0 aliphatic carbocycles. The number of nitrogens with zero attached hydrogens (tertiary/aromatic N) is 1. The van der Waals surface area contributed by atoms with E-state index in [0.717, 1.165) is 6.20 Å². The quantitative estimate of drug-likeness (QED) is 0.477. The third-order valence-electron chi connectivity index (χ3n) is 2.02. The minimum atomic E-state index is -5.04. The van der Waals surface area contributed by atoms with Crippen molar-refractivity contribution in [1.82, 2.24) is 4.98 Å². The molecule has 0 aliphatic heterocycles. The summed E-state index contributed by atoms with van der Waals surface area (Å²) in [6.45, 7) is 0. The Morgan fingerprint density at radius 2 is 1.71 bits per heavy atom. The van der Waals surface area contributed by atoms with Crippen LogP contribution in [0.15, 0.2) is 24.5 Å². The second-order valence-corrected chi connectivity index (χ2v) is 6.76. The SMILES string of the molecule is O=P(O)(O)C(O)C(c1cccnc1)P(=O)(O)O. The van der Waals surface area contributed by atoms with Crippen LogP contribution in [0.3, 0.4) is 0 Å². The first kappa shape index (κ1) is 14.5. The van der Waals surface area contributed by atoms with Crippen LogP contribution >= 0.6 is 15.2 Å². The molecule has 0 fully saturated rings. The van der Waals surface area contributed by atoms with Crippen LogP contribution in [-0.4, -0.2) is 35.5 Å². The highest BCUT2D eigenvalue weighted by Gasteiger charge is 2.45. The number of pyridine rings is 1. The molecule has 0 amide bonds. The number of hydrogen-bond donors (Lipinski definition) is 5. The van der Waals surface area contributed by atoms with E-state index in [2.05, 4.69) is 4.98 Å². The lowest BCUT2D eigenvalue weighted by Crippen LogP contribution is -2.19. The molecule has 96 valence electrons. The minimum absolute atomic E-state index is 0.142. The Kier molecular flexibility index (Phi) is 4.22. The molecule has 0 saturated heterocycles. The molecule has 10 heteroatoms. The molecule has 0 aromatic carbocycles. The smallest absolute Gasteiger partial charge is 0.355 e. The number of aliphatic hydroxyl groups excluding tert-OH is 1. The summed E-state index contributed by atoms with van der Waals surface area (Å²) >= 11 is 0.